The summed E-state index contributed by atoms with van der Waals surface area (Å²) in [6.07, 6.45) is 7.63. The predicted octanol–water partition coefficient (Wildman–Crippen LogP) is 2.97. The molecule has 0 aromatic carbocycles. The van der Waals surface area contributed by atoms with Gasteiger partial charge in [-0.3, -0.25) is 0 Å². The summed E-state index contributed by atoms with van der Waals surface area (Å²) in [5, 5.41) is 12.6. The van der Waals surface area contributed by atoms with Gasteiger partial charge in [0.05, 0.1) is 0 Å². The van der Waals surface area contributed by atoms with E-state index in [-0.39, 0.29) is 0 Å². The van der Waals surface area contributed by atoms with Crippen LogP contribution in [0.1, 0.15) is 42.6 Å². The summed E-state index contributed by atoms with van der Waals surface area (Å²) >= 11 is 2.01. The Morgan fingerprint density at radius 1 is 1.47 bits per heavy atom. The fourth-order valence-corrected chi connectivity index (χ4v) is 3.89. The Kier molecular flexibility index (Phi) is 4.59. The van der Waals surface area contributed by atoms with Crippen LogP contribution in [0, 0.1) is 18.3 Å². The molecular weight excluding hydrogens is 254 g/mol. The van der Waals surface area contributed by atoms with Crippen LogP contribution in [0.5, 0.6) is 0 Å². The Bertz CT molecular complexity index is 478. The molecule has 1 N–H and O–H groups in total. The molecule has 1 aliphatic carbocycles. The second kappa shape index (κ2) is 6.02. The van der Waals surface area contributed by atoms with Gasteiger partial charge < -0.3 is 9.88 Å². The molecule has 0 aliphatic heterocycles. The van der Waals surface area contributed by atoms with Gasteiger partial charge in [-0.25, -0.2) is 0 Å². The van der Waals surface area contributed by atoms with Crippen LogP contribution >= 0.6 is 11.8 Å². The molecule has 19 heavy (non-hydrogen) atoms. The van der Waals surface area contributed by atoms with Crippen molar-refractivity contribution in [2.24, 2.45) is 7.05 Å². The molecule has 1 aliphatic rings. The average molecular weight is 277 g/mol. The monoisotopic (exact) mass is 277 g/mol. The number of nitrogens with zero attached hydrogens (tertiary/aromatic N) is 2. The summed E-state index contributed by atoms with van der Waals surface area (Å²) in [5.41, 5.74) is 3.18. The van der Waals surface area contributed by atoms with Crippen LogP contribution in [0.2, 0.25) is 0 Å². The van der Waals surface area contributed by atoms with Gasteiger partial charge in [-0.15, -0.1) is 0 Å². The summed E-state index contributed by atoms with van der Waals surface area (Å²) < 4.78 is 2.41. The smallest absolute Gasteiger partial charge is 0.120 e. The highest BCUT2D eigenvalue weighted by molar-refractivity contribution is 8.00. The van der Waals surface area contributed by atoms with Gasteiger partial charge in [0.15, 0.2) is 0 Å². The summed E-state index contributed by atoms with van der Waals surface area (Å²) in [4.78, 5) is 0. The minimum Gasteiger partial charge on any atom is -0.340 e. The van der Waals surface area contributed by atoms with Gasteiger partial charge in [-0.05, 0) is 37.7 Å². The predicted molar refractivity (Wildman–Crippen MR) is 81.3 cm³/mol. The van der Waals surface area contributed by atoms with Crippen LogP contribution in [0.25, 0.3) is 0 Å². The molecule has 1 heterocycles. The second-order valence-electron chi connectivity index (χ2n) is 5.51. The fraction of sp³-hybridized carbons (Fsp3) is 0.667. The van der Waals surface area contributed by atoms with E-state index in [1.54, 1.807) is 0 Å². The number of hydrogen-bond acceptors (Lipinski definition) is 3. The van der Waals surface area contributed by atoms with Crippen molar-refractivity contribution >= 4 is 11.8 Å². The lowest BCUT2D eigenvalue weighted by Gasteiger charge is -2.27. The molecule has 0 amide bonds. The second-order valence-corrected chi connectivity index (χ2v) is 6.78. The molecule has 0 saturated heterocycles. The number of nitrogens with one attached hydrogen (secondary N) is 1. The third kappa shape index (κ3) is 2.98. The largest absolute Gasteiger partial charge is 0.340 e. The number of aromatic nitrogens is 1. The van der Waals surface area contributed by atoms with Crippen LogP contribution in [-0.2, 0) is 13.6 Å². The average Bonchev–Trinajstić information content (AvgIpc) is 2.99. The third-order valence-corrected chi connectivity index (χ3v) is 5.88. The Morgan fingerprint density at radius 2 is 2.16 bits per heavy atom. The lowest BCUT2D eigenvalue weighted by Crippen LogP contribution is -2.34. The van der Waals surface area contributed by atoms with Gasteiger partial charge in [0.25, 0.3) is 0 Å². The molecule has 0 radical (unpaired) electrons. The van der Waals surface area contributed by atoms with E-state index in [1.807, 2.05) is 29.4 Å². The maximum Gasteiger partial charge on any atom is 0.120 e. The minimum atomic E-state index is 0.445. The SMILES string of the molecule is CSC1(CNCc2cc(C#N)n(C)c2C)CCCC1. The zero-order valence-corrected chi connectivity index (χ0v) is 12.9. The third-order valence-electron chi connectivity index (χ3n) is 4.47. The van der Waals surface area contributed by atoms with Crippen LogP contribution in [0.4, 0.5) is 0 Å². The Hall–Kier alpha value is -0.920. The van der Waals surface area contributed by atoms with Crippen LogP contribution in [0.15, 0.2) is 6.07 Å². The van der Waals surface area contributed by atoms with Gasteiger partial charge in [0.1, 0.15) is 11.8 Å². The molecule has 1 aromatic rings. The first-order chi connectivity index (χ1) is 9.12. The standard InChI is InChI=1S/C15H23N3S/c1-12-13(8-14(9-16)18(12)2)10-17-11-15(19-3)6-4-5-7-15/h8,17H,4-7,10-11H2,1-3H3. The summed E-state index contributed by atoms with van der Waals surface area (Å²) in [7, 11) is 1.96. The van der Waals surface area contributed by atoms with Gasteiger partial charge in [-0.2, -0.15) is 17.0 Å². The molecule has 1 saturated carbocycles. The maximum absolute atomic E-state index is 9.04. The summed E-state index contributed by atoms with van der Waals surface area (Å²) in [6, 6.07) is 4.24. The minimum absolute atomic E-state index is 0.445. The van der Waals surface area contributed by atoms with Crippen molar-refractivity contribution < 1.29 is 0 Å². The molecule has 1 aromatic heterocycles. The van der Waals surface area contributed by atoms with Crippen LogP contribution in [-0.4, -0.2) is 22.1 Å². The van der Waals surface area contributed by atoms with Crippen molar-refractivity contribution in [2.45, 2.75) is 43.9 Å². The van der Waals surface area contributed by atoms with Crippen molar-refractivity contribution in [3.63, 3.8) is 0 Å². The molecule has 0 spiro atoms. The first-order valence-electron chi connectivity index (χ1n) is 6.93. The van der Waals surface area contributed by atoms with Crippen LogP contribution < -0.4 is 5.32 Å². The zero-order valence-electron chi connectivity index (χ0n) is 12.1. The number of nitriles is 1. The van der Waals surface area contributed by atoms with Gasteiger partial charge in [0, 0.05) is 30.6 Å². The Morgan fingerprint density at radius 3 is 2.68 bits per heavy atom. The highest BCUT2D eigenvalue weighted by atomic mass is 32.2. The van der Waals surface area contributed by atoms with Crippen molar-refractivity contribution in [2.75, 3.05) is 12.8 Å². The van der Waals surface area contributed by atoms with Gasteiger partial charge >= 0.3 is 0 Å². The van der Waals surface area contributed by atoms with E-state index in [9.17, 15) is 0 Å². The molecule has 0 bridgehead atoms. The van der Waals surface area contributed by atoms with E-state index in [2.05, 4.69) is 24.6 Å². The first-order valence-corrected chi connectivity index (χ1v) is 8.15. The van der Waals surface area contributed by atoms with Crippen molar-refractivity contribution in [3.05, 3.63) is 23.0 Å². The molecule has 2 rings (SSSR count). The Labute approximate surface area is 120 Å². The molecule has 1 fully saturated rings. The molecule has 0 atom stereocenters. The maximum atomic E-state index is 9.04. The van der Waals surface area contributed by atoms with Crippen LogP contribution in [0.3, 0.4) is 0 Å². The molecule has 0 unspecified atom stereocenters. The van der Waals surface area contributed by atoms with E-state index in [1.165, 1.54) is 36.9 Å². The van der Waals surface area contributed by atoms with E-state index in [0.717, 1.165) is 18.8 Å². The number of hydrogen-bond donors (Lipinski definition) is 1. The van der Waals surface area contributed by atoms with E-state index in [0.29, 0.717) is 4.75 Å². The van der Waals surface area contributed by atoms with Crippen molar-refractivity contribution in [1.82, 2.24) is 9.88 Å². The molecule has 4 heteroatoms. The number of thioether (sulfide) groups is 1. The Balaban J connectivity index is 1.94. The van der Waals surface area contributed by atoms with Crippen molar-refractivity contribution in [1.29, 1.82) is 5.26 Å². The van der Waals surface area contributed by atoms with Gasteiger partial charge in [0.2, 0.25) is 0 Å². The first kappa shape index (κ1) is 14.5. The zero-order chi connectivity index (χ0) is 13.9. The molecule has 3 nitrogen and oxygen atoms in total. The topological polar surface area (TPSA) is 40.8 Å². The summed E-state index contributed by atoms with van der Waals surface area (Å²) in [6.45, 7) is 4.02. The quantitative estimate of drug-likeness (QED) is 0.899. The molecular formula is C15H23N3S. The highest BCUT2D eigenvalue weighted by Gasteiger charge is 2.32. The van der Waals surface area contributed by atoms with E-state index >= 15 is 0 Å². The van der Waals surface area contributed by atoms with E-state index in [4.69, 9.17) is 5.26 Å². The highest BCUT2D eigenvalue weighted by Crippen LogP contribution is 2.39. The molecule has 104 valence electrons. The lowest BCUT2D eigenvalue weighted by molar-refractivity contribution is 0.533. The lowest BCUT2D eigenvalue weighted by atomic mass is 10.1. The summed E-state index contributed by atoms with van der Waals surface area (Å²) in [5.74, 6) is 0. The van der Waals surface area contributed by atoms with E-state index < -0.39 is 0 Å². The van der Waals surface area contributed by atoms with Gasteiger partial charge in [-0.1, -0.05) is 12.8 Å². The normalized spacial score (nSPS) is 17.6. The number of rotatable bonds is 5. The fourth-order valence-electron chi connectivity index (χ4n) is 2.95. The van der Waals surface area contributed by atoms with Crippen molar-refractivity contribution in [3.8, 4) is 6.07 Å².